The molecule has 2 aromatic carbocycles. The van der Waals surface area contributed by atoms with E-state index in [-0.39, 0.29) is 44.8 Å². The van der Waals surface area contributed by atoms with Crippen molar-refractivity contribution in [3.63, 3.8) is 0 Å². The molecule has 8 atom stereocenters. The fraction of sp³-hybridized carbons (Fsp3) is 0.500. The summed E-state index contributed by atoms with van der Waals surface area (Å²) in [7, 11) is 0. The first-order valence-corrected chi connectivity index (χ1v) is 19.9. The van der Waals surface area contributed by atoms with Gasteiger partial charge in [-0.1, -0.05) is 54.4 Å². The van der Waals surface area contributed by atoms with Crippen LogP contribution >= 0.6 is 11.6 Å². The molecule has 0 aromatic heterocycles. The predicted molar refractivity (Wildman–Crippen MR) is 210 cm³/mol. The van der Waals surface area contributed by atoms with Crippen molar-refractivity contribution < 1.29 is 43.1 Å². The molecule has 0 radical (unpaired) electrons. The van der Waals surface area contributed by atoms with Crippen LogP contribution in [0.2, 0.25) is 5.02 Å². The molecule has 4 heterocycles. The average molecular weight is 821 g/mol. The number of halogens is 1. The zero-order valence-electron chi connectivity index (χ0n) is 32.8. The van der Waals surface area contributed by atoms with Crippen LogP contribution in [0.25, 0.3) is 0 Å². The maximum atomic E-state index is 14.7. The zero-order valence-corrected chi connectivity index (χ0v) is 33.5. The zero-order chi connectivity index (χ0) is 41.8. The number of amides is 8. The fourth-order valence-corrected chi connectivity index (χ4v) is 8.23. The smallest absolute Gasteiger partial charge is 0.329 e. The van der Waals surface area contributed by atoms with Gasteiger partial charge >= 0.3 is 12.0 Å². The lowest BCUT2D eigenvalue weighted by Crippen LogP contribution is -2.66. The van der Waals surface area contributed by atoms with Gasteiger partial charge in [0.15, 0.2) is 0 Å². The molecule has 17 nitrogen and oxygen atoms in total. The van der Waals surface area contributed by atoms with Gasteiger partial charge < -0.3 is 46.0 Å². The van der Waals surface area contributed by atoms with Crippen LogP contribution in [0.5, 0.6) is 0 Å². The van der Waals surface area contributed by atoms with Gasteiger partial charge in [-0.25, -0.2) is 9.59 Å². The Hall–Kier alpha value is -5.71. The fourth-order valence-electron chi connectivity index (χ4n) is 8.04. The molecule has 8 amide bonds. The molecule has 4 saturated heterocycles. The number of cyclic esters (lactones) is 1. The lowest BCUT2D eigenvalue weighted by molar-refractivity contribution is -0.163. The molecular formula is C40H49ClN8O9. The molecule has 0 unspecified atom stereocenters. The van der Waals surface area contributed by atoms with Crippen LogP contribution in [-0.2, 0) is 44.7 Å². The average Bonchev–Trinajstić information content (AvgIpc) is 3.82. The Labute approximate surface area is 340 Å². The third-order valence-electron chi connectivity index (χ3n) is 10.9. The maximum Gasteiger partial charge on any atom is 0.329 e. The molecule has 310 valence electrons. The molecule has 18 heteroatoms. The number of carbonyl (C=O) groups excluding carboxylic acids is 8. The van der Waals surface area contributed by atoms with E-state index in [2.05, 4.69) is 26.6 Å². The van der Waals surface area contributed by atoms with Crippen molar-refractivity contribution in [2.75, 3.05) is 31.5 Å². The number of nitrogens with one attached hydrogen (secondary N) is 5. The summed E-state index contributed by atoms with van der Waals surface area (Å²) >= 11 is 6.11. The van der Waals surface area contributed by atoms with Crippen LogP contribution in [-0.4, -0.2) is 131 Å². The van der Waals surface area contributed by atoms with Crippen LogP contribution < -0.4 is 26.6 Å². The van der Waals surface area contributed by atoms with Crippen molar-refractivity contribution in [3.05, 3.63) is 64.7 Å². The van der Waals surface area contributed by atoms with Crippen molar-refractivity contribution >= 4 is 64.7 Å². The predicted octanol–water partition coefficient (Wildman–Crippen LogP) is 0.871. The van der Waals surface area contributed by atoms with Crippen molar-refractivity contribution in [2.24, 2.45) is 5.92 Å². The number of piperazine rings is 1. The standard InChI is InChI=1S/C40H49ClN8O9/c1-21-8-5-9-25(14-21)16-28(45-40(57)44-27-11-6-10-26(41)17-27)34(51)46-33-24(4)58-39(56)30-15-22(2)19-48(30)36(53)23(3)43-35(52)31-18-42-32(50)20-49(31)37(54)29-12-7-13-47(29)38(33)55/h5-6,8-11,14,17,22-24,28-31,33H,7,12-13,15-16,18-20H2,1-4H3,(H,42,50)(H,43,52)(H,46,51)(H2,44,45,57)/t22-,23+,24+,28+,29+,30+,31+,33+/m1/s1. The van der Waals surface area contributed by atoms with Gasteiger partial charge in [0.2, 0.25) is 35.4 Å². The lowest BCUT2D eigenvalue weighted by atomic mass is 10.0. The number of ether oxygens (including phenoxy) is 1. The van der Waals surface area contributed by atoms with E-state index in [0.29, 0.717) is 22.7 Å². The monoisotopic (exact) mass is 820 g/mol. The molecule has 0 aliphatic carbocycles. The number of benzene rings is 2. The van der Waals surface area contributed by atoms with Crippen molar-refractivity contribution in [3.8, 4) is 0 Å². The molecule has 0 spiro atoms. The number of hydrogen-bond donors (Lipinski definition) is 5. The SMILES string of the molecule is Cc1cccc(C[C@H](NC(=O)Nc2cccc(Cl)c2)C(=O)N[C@@H]2C(=O)N3CCC[C@H]3C(=O)N3CC(=O)NC[C@H]3C(=O)N[C@@H](C)C(=O)N3C[C@H](C)C[C@H]3C(=O)O[C@H]2C)c1. The van der Waals surface area contributed by atoms with Crippen molar-refractivity contribution in [1.29, 1.82) is 0 Å². The van der Waals surface area contributed by atoms with E-state index >= 15 is 0 Å². The van der Waals surface area contributed by atoms with Gasteiger partial charge in [-0.3, -0.25) is 28.8 Å². The number of aryl methyl sites for hydroxylation is 1. The first-order chi connectivity index (χ1) is 27.6. The molecule has 4 aliphatic rings. The van der Waals surface area contributed by atoms with E-state index in [9.17, 15) is 38.4 Å². The van der Waals surface area contributed by atoms with Crippen LogP contribution in [0.15, 0.2) is 48.5 Å². The summed E-state index contributed by atoms with van der Waals surface area (Å²) in [6.07, 6.45) is -0.497. The van der Waals surface area contributed by atoms with Gasteiger partial charge in [-0.2, -0.15) is 0 Å². The molecule has 58 heavy (non-hydrogen) atoms. The van der Waals surface area contributed by atoms with Crippen LogP contribution in [0.3, 0.4) is 0 Å². The molecular weight excluding hydrogens is 772 g/mol. The van der Waals surface area contributed by atoms with E-state index in [0.717, 1.165) is 10.5 Å². The Morgan fingerprint density at radius 1 is 0.914 bits per heavy atom. The molecule has 0 saturated carbocycles. The maximum absolute atomic E-state index is 14.7. The molecule has 0 bridgehead atoms. The van der Waals surface area contributed by atoms with E-state index in [4.69, 9.17) is 16.3 Å². The van der Waals surface area contributed by atoms with Gasteiger partial charge in [-0.05, 0) is 69.7 Å². The van der Waals surface area contributed by atoms with Crippen molar-refractivity contribution in [2.45, 2.75) is 95.7 Å². The Bertz CT molecular complexity index is 1980. The quantitative estimate of drug-likeness (QED) is 0.261. The van der Waals surface area contributed by atoms with Crippen molar-refractivity contribution in [1.82, 2.24) is 36.0 Å². The summed E-state index contributed by atoms with van der Waals surface area (Å²) in [5.74, 6) is -4.87. The molecule has 4 fully saturated rings. The second-order valence-corrected chi connectivity index (χ2v) is 16.0. The minimum Gasteiger partial charge on any atom is -0.458 e. The highest BCUT2D eigenvalue weighted by Gasteiger charge is 2.48. The van der Waals surface area contributed by atoms with Crippen LogP contribution in [0, 0.1) is 12.8 Å². The largest absolute Gasteiger partial charge is 0.458 e. The summed E-state index contributed by atoms with van der Waals surface area (Å²) in [5, 5.41) is 13.7. The Morgan fingerprint density at radius 3 is 2.41 bits per heavy atom. The Kier molecular flexibility index (Phi) is 12.9. The van der Waals surface area contributed by atoms with E-state index in [1.807, 2.05) is 32.0 Å². The third-order valence-corrected chi connectivity index (χ3v) is 11.2. The normalized spacial score (nSPS) is 27.4. The van der Waals surface area contributed by atoms with Gasteiger partial charge in [0.25, 0.3) is 0 Å². The number of hydrogen-bond acceptors (Lipinski definition) is 9. The number of urea groups is 1. The Balaban J connectivity index is 1.34. The topological polar surface area (TPSA) is 216 Å². The molecule has 6 rings (SSSR count). The second kappa shape index (κ2) is 17.8. The number of rotatable bonds is 6. The number of esters is 1. The summed E-state index contributed by atoms with van der Waals surface area (Å²) in [4.78, 5) is 114. The number of nitrogens with zero attached hydrogens (tertiary/aromatic N) is 3. The number of carbonyl (C=O) groups is 8. The summed E-state index contributed by atoms with van der Waals surface area (Å²) < 4.78 is 5.92. The number of fused-ring (bicyclic) bond motifs is 3. The second-order valence-electron chi connectivity index (χ2n) is 15.5. The van der Waals surface area contributed by atoms with E-state index < -0.39 is 96.3 Å². The first kappa shape index (κ1) is 41.9. The minimum atomic E-state index is -1.57. The van der Waals surface area contributed by atoms with E-state index in [1.165, 1.54) is 29.7 Å². The van der Waals surface area contributed by atoms with Gasteiger partial charge in [0, 0.05) is 36.8 Å². The third kappa shape index (κ3) is 9.52. The summed E-state index contributed by atoms with van der Waals surface area (Å²) in [6, 6.07) is 5.73. The summed E-state index contributed by atoms with van der Waals surface area (Å²) in [6.45, 7) is 6.26. The summed E-state index contributed by atoms with van der Waals surface area (Å²) in [5.41, 5.74) is 1.98. The molecule has 5 N–H and O–H groups in total. The first-order valence-electron chi connectivity index (χ1n) is 19.5. The van der Waals surface area contributed by atoms with Crippen LogP contribution in [0.1, 0.15) is 51.2 Å². The highest BCUT2D eigenvalue weighted by molar-refractivity contribution is 6.30. The molecule has 2 aromatic rings. The van der Waals surface area contributed by atoms with Crippen LogP contribution in [0.4, 0.5) is 10.5 Å². The number of anilines is 1. The van der Waals surface area contributed by atoms with Gasteiger partial charge in [-0.15, -0.1) is 0 Å². The Morgan fingerprint density at radius 2 is 1.67 bits per heavy atom. The van der Waals surface area contributed by atoms with Gasteiger partial charge in [0.05, 0.1) is 0 Å². The minimum absolute atomic E-state index is 0.00603. The highest BCUT2D eigenvalue weighted by atomic mass is 35.5. The van der Waals surface area contributed by atoms with Gasteiger partial charge in [0.1, 0.15) is 48.9 Å². The lowest BCUT2D eigenvalue weighted by Gasteiger charge is -2.39. The van der Waals surface area contributed by atoms with E-state index in [1.54, 1.807) is 24.3 Å². The molecule has 4 aliphatic heterocycles. The highest BCUT2D eigenvalue weighted by Crippen LogP contribution is 2.28.